The number of hydrogen-bond acceptors (Lipinski definition) is 16. The second kappa shape index (κ2) is 18.7. The Morgan fingerprint density at radius 2 is 1.73 bits per heavy atom. The van der Waals surface area contributed by atoms with Gasteiger partial charge in [-0.05, 0) is 71.7 Å². The van der Waals surface area contributed by atoms with Gasteiger partial charge in [0.05, 0.1) is 30.6 Å². The fourth-order valence-electron chi connectivity index (χ4n) is 4.76. The third kappa shape index (κ3) is 12.1. The van der Waals surface area contributed by atoms with Gasteiger partial charge in [0.1, 0.15) is 18.1 Å². The minimum atomic E-state index is -1.17. The molecule has 0 aliphatic heterocycles. The molecule has 3 atom stereocenters. The van der Waals surface area contributed by atoms with E-state index in [0.29, 0.717) is 17.9 Å². The minimum absolute atomic E-state index is 0.0313. The third-order valence-corrected chi connectivity index (χ3v) is 8.38. The molecule has 282 valence electrons. The third-order valence-electron chi connectivity index (χ3n) is 8.38. The van der Waals surface area contributed by atoms with Gasteiger partial charge in [0.2, 0.25) is 11.9 Å². The van der Waals surface area contributed by atoms with E-state index in [1.165, 1.54) is 18.3 Å². The van der Waals surface area contributed by atoms with Gasteiger partial charge >= 0.3 is 5.97 Å². The van der Waals surface area contributed by atoms with Crippen LogP contribution in [0.3, 0.4) is 0 Å². The maximum absolute atomic E-state index is 13.1. The summed E-state index contributed by atoms with van der Waals surface area (Å²) in [6.07, 6.45) is 1.07. The highest BCUT2D eigenvalue weighted by atomic mass is 16.6. The molecule has 20 nitrogen and oxygen atoms in total. The van der Waals surface area contributed by atoms with Crippen LogP contribution in [-0.4, -0.2) is 91.7 Å². The summed E-state index contributed by atoms with van der Waals surface area (Å²) in [4.78, 5) is 92.3. The number of fused-ring (bicyclic) bond motifs is 1. The Labute approximate surface area is 298 Å². The van der Waals surface area contributed by atoms with Gasteiger partial charge in [-0.15, -0.1) is 0 Å². The van der Waals surface area contributed by atoms with Crippen LogP contribution in [-0.2, 0) is 21.0 Å². The van der Waals surface area contributed by atoms with Crippen molar-refractivity contribution in [1.82, 2.24) is 41.4 Å². The molecule has 9 N–H and O–H groups in total. The van der Waals surface area contributed by atoms with Crippen molar-refractivity contribution in [2.75, 3.05) is 30.7 Å². The van der Waals surface area contributed by atoms with Crippen molar-refractivity contribution in [1.29, 1.82) is 0 Å². The number of carbonyl (C=O) groups is 3. The molecular weight excluding hydrogens is 680 g/mol. The smallest absolute Gasteiger partial charge is 0.303 e. The number of nitrogens with two attached hydrogens (primary N) is 1. The number of hydrogen-bond donors (Lipinski definition) is 8. The summed E-state index contributed by atoms with van der Waals surface area (Å²) >= 11 is 0. The lowest BCUT2D eigenvalue weighted by atomic mass is 9.92. The number of carbonyl (C=O) groups excluding carboxylic acids is 2. The molecule has 2 amide bonds. The number of nitrogens with zero attached hydrogens (tertiary/aromatic N) is 5. The van der Waals surface area contributed by atoms with E-state index in [1.54, 1.807) is 46.8 Å². The molecular formula is C32H46N12O8. The normalized spacial score (nSPS) is 13.5. The molecule has 0 saturated carbocycles. The Hall–Kier alpha value is -5.47. The summed E-state index contributed by atoms with van der Waals surface area (Å²) in [6, 6.07) is 3.85. The van der Waals surface area contributed by atoms with E-state index in [-0.39, 0.29) is 61.6 Å². The Kier molecular flexibility index (Phi) is 14.7. The highest BCUT2D eigenvalue weighted by Gasteiger charge is 2.31. The molecule has 20 heteroatoms. The van der Waals surface area contributed by atoms with Gasteiger partial charge in [0, 0.05) is 36.3 Å². The van der Waals surface area contributed by atoms with Gasteiger partial charge in [-0.3, -0.25) is 29.0 Å². The van der Waals surface area contributed by atoms with Crippen LogP contribution in [0.25, 0.3) is 11.2 Å². The van der Waals surface area contributed by atoms with E-state index in [4.69, 9.17) is 10.6 Å². The molecule has 0 saturated heterocycles. The summed E-state index contributed by atoms with van der Waals surface area (Å²) in [5, 5.41) is 27.0. The van der Waals surface area contributed by atoms with Crippen molar-refractivity contribution < 1.29 is 24.3 Å². The van der Waals surface area contributed by atoms with Crippen LogP contribution < -0.4 is 38.0 Å². The molecule has 0 aliphatic rings. The fourth-order valence-corrected chi connectivity index (χ4v) is 4.76. The van der Waals surface area contributed by atoms with Gasteiger partial charge in [-0.2, -0.15) is 20.3 Å². The van der Waals surface area contributed by atoms with Gasteiger partial charge in [0.25, 0.3) is 11.5 Å². The molecule has 52 heavy (non-hydrogen) atoms. The number of hydroxylamine groups is 1. The summed E-state index contributed by atoms with van der Waals surface area (Å²) in [5.41, 5.74) is 7.82. The zero-order valence-corrected chi connectivity index (χ0v) is 29.7. The van der Waals surface area contributed by atoms with E-state index in [2.05, 4.69) is 57.0 Å². The Morgan fingerprint density at radius 3 is 2.38 bits per heavy atom. The van der Waals surface area contributed by atoms with Gasteiger partial charge in [-0.25, -0.2) is 9.97 Å². The first-order valence-corrected chi connectivity index (χ1v) is 16.5. The Balaban J connectivity index is 1.51. The number of amides is 2. The van der Waals surface area contributed by atoms with E-state index in [1.807, 2.05) is 0 Å². The van der Waals surface area contributed by atoms with Crippen molar-refractivity contribution in [2.45, 2.75) is 89.6 Å². The summed E-state index contributed by atoms with van der Waals surface area (Å²) in [7, 11) is 0. The first kappa shape index (κ1) is 41.0. The van der Waals surface area contributed by atoms with Crippen molar-refractivity contribution in [3.05, 3.63) is 61.9 Å². The largest absolute Gasteiger partial charge is 0.481 e. The molecule has 0 radical (unpaired) electrons. The molecule has 3 aromatic rings. The number of aliphatic carboxylic acids is 1. The van der Waals surface area contributed by atoms with E-state index in [9.17, 15) is 34.1 Å². The predicted octanol–water partition coefficient (Wildman–Crippen LogP) is 1.33. The number of nitroso groups, excluding NO2 is 2. The zero-order valence-electron chi connectivity index (χ0n) is 29.7. The molecule has 2 heterocycles. The molecule has 0 bridgehead atoms. The Bertz CT molecular complexity index is 1770. The highest BCUT2D eigenvalue weighted by molar-refractivity contribution is 5.97. The Morgan fingerprint density at radius 1 is 1.02 bits per heavy atom. The molecule has 2 aromatic heterocycles. The first-order valence-electron chi connectivity index (χ1n) is 16.5. The van der Waals surface area contributed by atoms with Crippen LogP contribution in [0.2, 0.25) is 0 Å². The topological polar surface area (TPSA) is 297 Å². The second-order valence-corrected chi connectivity index (χ2v) is 13.2. The number of anilines is 2. The number of nitrogen functional groups attached to an aromatic ring is 1. The molecule has 0 aliphatic carbocycles. The van der Waals surface area contributed by atoms with E-state index >= 15 is 0 Å². The van der Waals surface area contributed by atoms with Gasteiger partial charge < -0.3 is 32.1 Å². The average molecular weight is 727 g/mol. The SMILES string of the molecule is CC(N=O)C(C)(C)NOCCNC(C)(C)C(CCNC(=O)C(CCC(=O)O)NC(=O)c1ccc(NCc2cnc3nc(N)[nH]c(=O)c3n2)cc1)N=O. The standard InChI is InChI=1S/C32H46N12O8/c1-18(42-50)31(2,3)44-52-15-14-37-32(4,5)23(43-51)12-13-34-28(48)22(10-11-24(45)46)39-27(47)19-6-8-20(9-7-19)35-16-21-17-36-26-25(38-21)29(49)41-30(33)40-26/h6-9,17-18,22-23,35,37,44H,10-16H2,1-5H3,(H,34,48)(H,39,47)(H,45,46)(H3,33,36,40,41,49). The number of aromatic amines is 1. The molecule has 1 aromatic carbocycles. The summed E-state index contributed by atoms with van der Waals surface area (Å²) < 4.78 is 0. The van der Waals surface area contributed by atoms with Crippen LogP contribution in [0.4, 0.5) is 11.6 Å². The number of carboxylic acids is 1. The lowest BCUT2D eigenvalue weighted by Crippen LogP contribution is -2.52. The fraction of sp³-hybridized carbons (Fsp3) is 0.531. The lowest BCUT2D eigenvalue weighted by molar-refractivity contribution is -0.137. The number of rotatable bonds is 22. The predicted molar refractivity (Wildman–Crippen MR) is 192 cm³/mol. The molecule has 0 spiro atoms. The number of benzene rings is 1. The molecule has 3 unspecified atom stereocenters. The van der Waals surface area contributed by atoms with Gasteiger partial charge in [0.15, 0.2) is 11.2 Å². The van der Waals surface area contributed by atoms with Crippen LogP contribution in [0.5, 0.6) is 0 Å². The average Bonchev–Trinajstić information content (AvgIpc) is 3.10. The van der Waals surface area contributed by atoms with Crippen molar-refractivity contribution in [3.63, 3.8) is 0 Å². The second-order valence-electron chi connectivity index (χ2n) is 13.2. The first-order chi connectivity index (χ1) is 24.6. The minimum Gasteiger partial charge on any atom is -0.481 e. The maximum Gasteiger partial charge on any atom is 0.303 e. The maximum atomic E-state index is 13.1. The van der Waals surface area contributed by atoms with Gasteiger partial charge in [-0.1, -0.05) is 10.4 Å². The quantitative estimate of drug-likeness (QED) is 0.0412. The van der Waals surface area contributed by atoms with E-state index < -0.39 is 52.5 Å². The van der Waals surface area contributed by atoms with Crippen LogP contribution in [0, 0.1) is 9.81 Å². The van der Waals surface area contributed by atoms with Crippen LogP contribution in [0.1, 0.15) is 69.9 Å². The highest BCUT2D eigenvalue weighted by Crippen LogP contribution is 2.17. The van der Waals surface area contributed by atoms with Crippen LogP contribution >= 0.6 is 0 Å². The van der Waals surface area contributed by atoms with E-state index in [0.717, 1.165) is 0 Å². The van der Waals surface area contributed by atoms with Crippen LogP contribution in [0.15, 0.2) is 45.6 Å². The monoisotopic (exact) mass is 726 g/mol. The van der Waals surface area contributed by atoms with Crippen molar-refractivity contribution in [3.8, 4) is 0 Å². The summed E-state index contributed by atoms with van der Waals surface area (Å²) in [5.74, 6) is -2.42. The molecule has 3 rings (SSSR count). The van der Waals surface area contributed by atoms with Crippen molar-refractivity contribution in [2.24, 2.45) is 10.4 Å². The summed E-state index contributed by atoms with van der Waals surface area (Å²) in [6.45, 7) is 9.56. The zero-order chi connectivity index (χ0) is 38.5. The lowest BCUT2D eigenvalue weighted by Gasteiger charge is -2.32. The number of aromatic nitrogens is 4. The van der Waals surface area contributed by atoms with Crippen molar-refractivity contribution >= 4 is 40.6 Å². The number of carboxylic acid groups (broad SMARTS) is 1. The molecule has 0 fully saturated rings. The number of H-pyrrole nitrogens is 1. The number of nitrogens with one attached hydrogen (secondary N) is 6.